The summed E-state index contributed by atoms with van der Waals surface area (Å²) in [6.45, 7) is 4.64. The molecule has 126 valence electrons. The third-order valence-electron chi connectivity index (χ3n) is 4.69. The van der Waals surface area contributed by atoms with Gasteiger partial charge in [0.2, 0.25) is 0 Å². The number of likely N-dealkylation sites (N-methyl/N-ethyl adjacent to an activating group) is 1. The first-order chi connectivity index (χ1) is 11.7. The van der Waals surface area contributed by atoms with Gasteiger partial charge < -0.3 is 14.4 Å². The average molecular weight is 345 g/mol. The first kappa shape index (κ1) is 15.8. The maximum absolute atomic E-state index is 6.30. The van der Waals surface area contributed by atoms with E-state index in [1.807, 2.05) is 12.1 Å². The van der Waals surface area contributed by atoms with E-state index in [2.05, 4.69) is 41.1 Å². The first-order valence-corrected chi connectivity index (χ1v) is 8.62. The van der Waals surface area contributed by atoms with Crippen molar-refractivity contribution in [1.82, 2.24) is 4.90 Å². The largest absolute Gasteiger partial charge is 0.467 e. The number of ether oxygens (including phenoxy) is 2. The van der Waals surface area contributed by atoms with Crippen molar-refractivity contribution < 1.29 is 9.47 Å². The molecule has 0 aromatic heterocycles. The molecule has 2 aromatic carbocycles. The molecule has 0 fully saturated rings. The molecule has 0 saturated carbocycles. The molecule has 0 unspecified atom stereocenters. The summed E-state index contributed by atoms with van der Waals surface area (Å²) in [5, 5.41) is 0.741. The Hall–Kier alpha value is -1.75. The lowest BCUT2D eigenvalue weighted by Crippen LogP contribution is -2.29. The lowest BCUT2D eigenvalue weighted by Gasteiger charge is -2.25. The predicted molar refractivity (Wildman–Crippen MR) is 95.6 cm³/mol. The van der Waals surface area contributed by atoms with Crippen LogP contribution in [0.1, 0.15) is 16.7 Å². The summed E-state index contributed by atoms with van der Waals surface area (Å²) in [4.78, 5) is 4.78. The van der Waals surface area contributed by atoms with E-state index in [0.717, 1.165) is 48.1 Å². The Morgan fingerprint density at radius 2 is 2.00 bits per heavy atom. The van der Waals surface area contributed by atoms with Crippen LogP contribution in [0.25, 0.3) is 0 Å². The van der Waals surface area contributed by atoms with Gasteiger partial charge in [-0.15, -0.1) is 0 Å². The maximum atomic E-state index is 6.30. The fourth-order valence-electron chi connectivity index (χ4n) is 3.50. The summed E-state index contributed by atoms with van der Waals surface area (Å²) in [5.41, 5.74) is 4.86. The zero-order valence-corrected chi connectivity index (χ0v) is 14.6. The highest BCUT2D eigenvalue weighted by atomic mass is 35.5. The van der Waals surface area contributed by atoms with Crippen LogP contribution in [-0.4, -0.2) is 31.8 Å². The maximum Gasteiger partial charge on any atom is 0.189 e. The number of fused-ring (bicyclic) bond motifs is 2. The minimum absolute atomic E-state index is 0.313. The molecule has 0 aliphatic carbocycles. The van der Waals surface area contributed by atoms with Gasteiger partial charge in [0.1, 0.15) is 5.75 Å². The molecule has 2 aromatic rings. The molecule has 0 atom stereocenters. The van der Waals surface area contributed by atoms with Crippen molar-refractivity contribution in [3.63, 3.8) is 0 Å². The summed E-state index contributed by atoms with van der Waals surface area (Å²) >= 11 is 6.30. The number of hydrogen-bond acceptors (Lipinski definition) is 4. The van der Waals surface area contributed by atoms with Crippen molar-refractivity contribution in [2.24, 2.45) is 0 Å². The number of hydrogen-bond donors (Lipinski definition) is 0. The lowest BCUT2D eigenvalue weighted by molar-refractivity contribution is -0.0174. The summed E-state index contributed by atoms with van der Waals surface area (Å²) in [6, 6.07) is 12.6. The van der Waals surface area contributed by atoms with Crippen molar-refractivity contribution in [2.45, 2.75) is 19.7 Å². The number of para-hydroxylation sites is 1. The van der Waals surface area contributed by atoms with Crippen LogP contribution in [0.5, 0.6) is 5.75 Å². The van der Waals surface area contributed by atoms with E-state index in [4.69, 9.17) is 21.1 Å². The van der Waals surface area contributed by atoms with Gasteiger partial charge in [-0.05, 0) is 23.8 Å². The highest BCUT2D eigenvalue weighted by Gasteiger charge is 2.21. The molecular formula is C19H21ClN2O2. The van der Waals surface area contributed by atoms with Gasteiger partial charge in [-0.2, -0.15) is 0 Å². The van der Waals surface area contributed by atoms with E-state index in [1.165, 1.54) is 11.3 Å². The topological polar surface area (TPSA) is 24.9 Å². The van der Waals surface area contributed by atoms with Gasteiger partial charge >= 0.3 is 0 Å². The summed E-state index contributed by atoms with van der Waals surface area (Å²) < 4.78 is 11.1. The van der Waals surface area contributed by atoms with Crippen LogP contribution in [-0.2, 0) is 24.4 Å². The van der Waals surface area contributed by atoms with Crippen LogP contribution in [0, 0.1) is 0 Å². The summed E-state index contributed by atoms with van der Waals surface area (Å²) in [6.07, 6.45) is 0. The SMILES string of the molecule is CN1CCN(Cc2cc(Cl)cc3c2OCOC3)Cc2ccccc21. The normalized spacial score (nSPS) is 17.7. The lowest BCUT2D eigenvalue weighted by atomic mass is 10.1. The molecule has 2 heterocycles. The second-order valence-corrected chi connectivity index (χ2v) is 6.86. The van der Waals surface area contributed by atoms with Gasteiger partial charge in [-0.1, -0.05) is 29.8 Å². The van der Waals surface area contributed by atoms with Gasteiger partial charge in [0.15, 0.2) is 6.79 Å². The molecule has 0 amide bonds. The summed E-state index contributed by atoms with van der Waals surface area (Å²) in [7, 11) is 2.16. The standard InChI is InChI=1S/C19H21ClN2O2/c1-21-6-7-22(10-14-4-2-3-5-18(14)21)11-15-8-17(20)9-16-12-23-13-24-19(15)16/h2-5,8-9H,6-7,10-13H2,1H3. The van der Waals surface area contributed by atoms with E-state index in [0.29, 0.717) is 13.4 Å². The van der Waals surface area contributed by atoms with Crippen molar-refractivity contribution >= 4 is 17.3 Å². The van der Waals surface area contributed by atoms with Gasteiger partial charge in [-0.3, -0.25) is 4.90 Å². The van der Waals surface area contributed by atoms with Crippen LogP contribution < -0.4 is 9.64 Å². The Morgan fingerprint density at radius 3 is 2.92 bits per heavy atom. The van der Waals surface area contributed by atoms with Crippen molar-refractivity contribution in [3.8, 4) is 5.75 Å². The first-order valence-electron chi connectivity index (χ1n) is 8.24. The Bertz CT molecular complexity index is 750. The number of halogens is 1. The molecule has 24 heavy (non-hydrogen) atoms. The predicted octanol–water partition coefficient (Wildman–Crippen LogP) is 3.66. The third-order valence-corrected chi connectivity index (χ3v) is 4.91. The Labute approximate surface area is 147 Å². The second kappa shape index (κ2) is 6.63. The smallest absolute Gasteiger partial charge is 0.189 e. The van der Waals surface area contributed by atoms with Gasteiger partial charge in [-0.25, -0.2) is 0 Å². The second-order valence-electron chi connectivity index (χ2n) is 6.42. The number of rotatable bonds is 2. The Balaban J connectivity index is 1.61. The molecule has 5 heteroatoms. The van der Waals surface area contributed by atoms with Gasteiger partial charge in [0, 0.05) is 55.1 Å². The van der Waals surface area contributed by atoms with Crippen LogP contribution >= 0.6 is 11.6 Å². The highest BCUT2D eigenvalue weighted by molar-refractivity contribution is 6.30. The Kier molecular flexibility index (Phi) is 4.35. The highest BCUT2D eigenvalue weighted by Crippen LogP contribution is 2.33. The van der Waals surface area contributed by atoms with Crippen molar-refractivity contribution in [3.05, 3.63) is 58.1 Å². The monoisotopic (exact) mass is 344 g/mol. The fraction of sp³-hybridized carbons (Fsp3) is 0.368. The number of nitrogens with zero attached hydrogens (tertiary/aromatic N) is 2. The number of anilines is 1. The molecule has 0 N–H and O–H groups in total. The van der Waals surface area contributed by atoms with E-state index < -0.39 is 0 Å². The summed E-state index contributed by atoms with van der Waals surface area (Å²) in [5.74, 6) is 0.941. The molecule has 2 aliphatic rings. The van der Waals surface area contributed by atoms with Crippen LogP contribution in [0.15, 0.2) is 36.4 Å². The molecule has 0 bridgehead atoms. The average Bonchev–Trinajstić information content (AvgIpc) is 2.74. The molecule has 0 spiro atoms. The quantitative estimate of drug-likeness (QED) is 0.830. The van der Waals surface area contributed by atoms with E-state index in [1.54, 1.807) is 0 Å². The molecule has 0 radical (unpaired) electrons. The van der Waals surface area contributed by atoms with Crippen molar-refractivity contribution in [1.29, 1.82) is 0 Å². The van der Waals surface area contributed by atoms with Crippen LogP contribution in [0.2, 0.25) is 5.02 Å². The third kappa shape index (κ3) is 3.09. The van der Waals surface area contributed by atoms with E-state index in [9.17, 15) is 0 Å². The molecule has 2 aliphatic heterocycles. The van der Waals surface area contributed by atoms with Crippen LogP contribution in [0.3, 0.4) is 0 Å². The minimum atomic E-state index is 0.313. The number of benzene rings is 2. The minimum Gasteiger partial charge on any atom is -0.467 e. The van der Waals surface area contributed by atoms with Crippen molar-refractivity contribution in [2.75, 3.05) is 31.8 Å². The fourth-order valence-corrected chi connectivity index (χ4v) is 3.76. The van der Waals surface area contributed by atoms with Crippen LogP contribution in [0.4, 0.5) is 5.69 Å². The molecule has 4 rings (SSSR count). The van der Waals surface area contributed by atoms with Gasteiger partial charge in [0.25, 0.3) is 0 Å². The zero-order chi connectivity index (χ0) is 16.5. The van der Waals surface area contributed by atoms with E-state index >= 15 is 0 Å². The molecule has 0 saturated heterocycles. The molecule has 4 nitrogen and oxygen atoms in total. The Morgan fingerprint density at radius 1 is 1.12 bits per heavy atom. The van der Waals surface area contributed by atoms with E-state index in [-0.39, 0.29) is 0 Å². The van der Waals surface area contributed by atoms with Gasteiger partial charge in [0.05, 0.1) is 6.61 Å². The zero-order valence-electron chi connectivity index (χ0n) is 13.8. The molecular weight excluding hydrogens is 324 g/mol.